The molecule has 2 aromatic carbocycles. The van der Waals surface area contributed by atoms with Crippen LogP contribution in [0.1, 0.15) is 23.9 Å². The summed E-state index contributed by atoms with van der Waals surface area (Å²) in [5.74, 6) is 0.998. The fraction of sp³-hybridized carbons (Fsp3) is 0.292. The molecule has 2 atom stereocenters. The molecule has 2 amide bonds. The Hall–Kier alpha value is -3.72. The SMILES string of the molecule is CCOc1ccc(-c2nc(CN3N=N[C@H]4C(=O)N(c5ccc(C)c(Cl)c5)C(=O)[C@H]43)c(C)o2)cc1. The smallest absolute Gasteiger partial charge is 0.263 e. The van der Waals surface area contributed by atoms with Gasteiger partial charge in [-0.15, -0.1) is 0 Å². The van der Waals surface area contributed by atoms with Crippen LogP contribution in [0.5, 0.6) is 5.75 Å². The average Bonchev–Trinajstić information content (AvgIpc) is 3.47. The molecule has 10 heteroatoms. The van der Waals surface area contributed by atoms with Crippen LogP contribution in [-0.2, 0) is 16.1 Å². The predicted octanol–water partition coefficient (Wildman–Crippen LogP) is 4.50. The lowest BCUT2D eigenvalue weighted by atomic mass is 10.1. The van der Waals surface area contributed by atoms with Crippen molar-refractivity contribution in [2.45, 2.75) is 39.4 Å². The van der Waals surface area contributed by atoms with E-state index in [1.807, 2.05) is 38.1 Å². The Kier molecular flexibility index (Phi) is 5.57. The van der Waals surface area contributed by atoms with Crippen molar-refractivity contribution in [1.82, 2.24) is 9.99 Å². The van der Waals surface area contributed by atoms with E-state index in [4.69, 9.17) is 20.8 Å². The van der Waals surface area contributed by atoms with E-state index in [1.165, 1.54) is 5.01 Å². The largest absolute Gasteiger partial charge is 0.494 e. The van der Waals surface area contributed by atoms with Gasteiger partial charge in [-0.1, -0.05) is 22.9 Å². The Balaban J connectivity index is 1.36. The molecule has 5 rings (SSSR count). The molecule has 0 saturated carbocycles. The summed E-state index contributed by atoms with van der Waals surface area (Å²) in [6.45, 7) is 6.34. The lowest BCUT2D eigenvalue weighted by molar-refractivity contribution is -0.123. The molecule has 3 heterocycles. The van der Waals surface area contributed by atoms with Crippen LogP contribution in [0.25, 0.3) is 11.5 Å². The van der Waals surface area contributed by atoms with Crippen LogP contribution in [0, 0.1) is 13.8 Å². The van der Waals surface area contributed by atoms with Gasteiger partial charge in [0.05, 0.1) is 18.8 Å². The first-order valence-electron chi connectivity index (χ1n) is 10.9. The van der Waals surface area contributed by atoms with Crippen molar-refractivity contribution in [3.05, 3.63) is 64.5 Å². The van der Waals surface area contributed by atoms with Crippen LogP contribution in [0.3, 0.4) is 0 Å². The van der Waals surface area contributed by atoms with Crippen LogP contribution in [0.2, 0.25) is 5.02 Å². The third-order valence-corrected chi connectivity index (χ3v) is 6.30. The highest BCUT2D eigenvalue weighted by Crippen LogP contribution is 2.35. The maximum absolute atomic E-state index is 13.2. The topological polar surface area (TPSA) is 101 Å². The van der Waals surface area contributed by atoms with Gasteiger partial charge in [0, 0.05) is 10.6 Å². The van der Waals surface area contributed by atoms with Gasteiger partial charge in [-0.25, -0.2) is 9.88 Å². The number of oxazole rings is 1. The number of aryl methyl sites for hydroxylation is 2. The molecule has 0 unspecified atom stereocenters. The first-order valence-corrected chi connectivity index (χ1v) is 11.3. The van der Waals surface area contributed by atoms with Crippen LogP contribution in [0.15, 0.2) is 57.2 Å². The number of nitrogens with zero attached hydrogens (tertiary/aromatic N) is 5. The third-order valence-electron chi connectivity index (χ3n) is 5.89. The Morgan fingerprint density at radius 3 is 2.56 bits per heavy atom. The second-order valence-corrected chi connectivity index (χ2v) is 8.52. The Labute approximate surface area is 201 Å². The third kappa shape index (κ3) is 3.71. The van der Waals surface area contributed by atoms with E-state index in [0.717, 1.165) is 21.8 Å². The zero-order valence-corrected chi connectivity index (χ0v) is 19.6. The first-order chi connectivity index (χ1) is 16.4. The number of aromatic nitrogens is 1. The van der Waals surface area contributed by atoms with Crippen molar-refractivity contribution in [2.75, 3.05) is 11.5 Å². The molecule has 0 spiro atoms. The van der Waals surface area contributed by atoms with Crippen molar-refractivity contribution in [3.63, 3.8) is 0 Å². The highest BCUT2D eigenvalue weighted by molar-refractivity contribution is 6.32. The number of benzene rings is 2. The minimum Gasteiger partial charge on any atom is -0.494 e. The number of halogens is 1. The molecule has 34 heavy (non-hydrogen) atoms. The van der Waals surface area contributed by atoms with Crippen molar-refractivity contribution in [3.8, 4) is 17.2 Å². The summed E-state index contributed by atoms with van der Waals surface area (Å²) in [6.07, 6.45) is 0. The molecular weight excluding hydrogens is 458 g/mol. The van der Waals surface area contributed by atoms with E-state index in [-0.39, 0.29) is 6.54 Å². The Bertz CT molecular complexity index is 1300. The number of hydrogen-bond acceptors (Lipinski definition) is 8. The molecule has 9 nitrogen and oxygen atoms in total. The summed E-state index contributed by atoms with van der Waals surface area (Å²) in [4.78, 5) is 31.9. The average molecular weight is 480 g/mol. The van der Waals surface area contributed by atoms with Gasteiger partial charge >= 0.3 is 0 Å². The second kappa shape index (κ2) is 8.57. The molecule has 2 aliphatic heterocycles. The minimum atomic E-state index is -0.898. The van der Waals surface area contributed by atoms with Crippen LogP contribution < -0.4 is 9.64 Å². The number of amides is 2. The standard InChI is InChI=1S/C24H22ClN5O4/c1-4-33-17-9-6-15(7-10-17)22-26-19(14(3)34-22)12-29-21-20(27-28-29)23(31)30(24(21)32)16-8-5-13(2)18(25)11-16/h5-11,20-21H,4,12H2,1-3H3/t20-,21+/m1/s1. The zero-order chi connectivity index (χ0) is 24.0. The van der Waals surface area contributed by atoms with Gasteiger partial charge in [0.1, 0.15) is 17.2 Å². The molecule has 3 aromatic rings. The predicted molar refractivity (Wildman–Crippen MR) is 125 cm³/mol. The van der Waals surface area contributed by atoms with E-state index in [0.29, 0.717) is 34.7 Å². The molecular formula is C24H22ClN5O4. The van der Waals surface area contributed by atoms with Gasteiger partial charge in [-0.3, -0.25) is 14.6 Å². The highest BCUT2D eigenvalue weighted by Gasteiger charge is 2.55. The summed E-state index contributed by atoms with van der Waals surface area (Å²) >= 11 is 6.21. The van der Waals surface area contributed by atoms with Crippen LogP contribution in [0.4, 0.5) is 5.69 Å². The molecule has 0 aliphatic carbocycles. The van der Waals surface area contributed by atoms with Gasteiger partial charge in [0.25, 0.3) is 11.8 Å². The second-order valence-electron chi connectivity index (χ2n) is 8.12. The number of ether oxygens (including phenoxy) is 1. The quantitative estimate of drug-likeness (QED) is 0.482. The van der Waals surface area contributed by atoms with E-state index in [2.05, 4.69) is 15.3 Å². The minimum absolute atomic E-state index is 0.179. The lowest BCUT2D eigenvalue weighted by Crippen LogP contribution is -2.39. The molecule has 0 N–H and O–H groups in total. The molecule has 2 aliphatic rings. The summed E-state index contributed by atoms with van der Waals surface area (Å²) in [5, 5.41) is 10.1. The lowest BCUT2D eigenvalue weighted by Gasteiger charge is -2.20. The van der Waals surface area contributed by atoms with E-state index in [9.17, 15) is 9.59 Å². The zero-order valence-electron chi connectivity index (χ0n) is 18.9. The number of carbonyl (C=O) groups excluding carboxylic acids is 2. The van der Waals surface area contributed by atoms with Crippen LogP contribution in [-0.4, -0.2) is 40.5 Å². The number of anilines is 1. The van der Waals surface area contributed by atoms with Crippen molar-refractivity contribution < 1.29 is 18.7 Å². The fourth-order valence-corrected chi connectivity index (χ4v) is 4.22. The molecule has 1 saturated heterocycles. The summed E-state index contributed by atoms with van der Waals surface area (Å²) in [5.41, 5.74) is 2.69. The number of carbonyl (C=O) groups is 2. The number of rotatable bonds is 6. The normalized spacial score (nSPS) is 19.3. The molecule has 0 bridgehead atoms. The van der Waals surface area contributed by atoms with Gasteiger partial charge in [-0.05, 0) is 62.7 Å². The van der Waals surface area contributed by atoms with E-state index < -0.39 is 23.9 Å². The molecule has 1 aromatic heterocycles. The maximum atomic E-state index is 13.2. The monoisotopic (exact) mass is 479 g/mol. The number of hydrogen-bond donors (Lipinski definition) is 0. The summed E-state index contributed by atoms with van der Waals surface area (Å²) < 4.78 is 11.3. The Morgan fingerprint density at radius 2 is 1.85 bits per heavy atom. The highest BCUT2D eigenvalue weighted by atomic mass is 35.5. The number of imide groups is 1. The van der Waals surface area contributed by atoms with Crippen molar-refractivity contribution in [1.29, 1.82) is 0 Å². The van der Waals surface area contributed by atoms with Crippen molar-refractivity contribution >= 4 is 29.1 Å². The summed E-state index contributed by atoms with van der Waals surface area (Å²) in [6, 6.07) is 10.8. The maximum Gasteiger partial charge on any atom is 0.263 e. The van der Waals surface area contributed by atoms with Gasteiger partial charge in [0.15, 0.2) is 12.1 Å². The van der Waals surface area contributed by atoms with Crippen molar-refractivity contribution in [2.24, 2.45) is 10.3 Å². The number of fused-ring (bicyclic) bond motifs is 1. The summed E-state index contributed by atoms with van der Waals surface area (Å²) in [7, 11) is 0. The Morgan fingerprint density at radius 1 is 1.09 bits per heavy atom. The molecule has 174 valence electrons. The van der Waals surface area contributed by atoms with E-state index in [1.54, 1.807) is 25.1 Å². The van der Waals surface area contributed by atoms with Gasteiger partial charge in [0.2, 0.25) is 5.89 Å². The van der Waals surface area contributed by atoms with E-state index >= 15 is 0 Å². The molecule has 0 radical (unpaired) electrons. The van der Waals surface area contributed by atoms with Crippen LogP contribution >= 0.6 is 11.6 Å². The van der Waals surface area contributed by atoms with Gasteiger partial charge in [-0.2, -0.15) is 5.11 Å². The first kappa shape index (κ1) is 22.1. The van der Waals surface area contributed by atoms with Gasteiger partial charge < -0.3 is 9.15 Å². The fourth-order valence-electron chi connectivity index (χ4n) is 4.04. The molecule has 1 fully saturated rings.